The summed E-state index contributed by atoms with van der Waals surface area (Å²) in [5, 5.41) is 4.50. The summed E-state index contributed by atoms with van der Waals surface area (Å²) in [6.45, 7) is 5.13. The van der Waals surface area contributed by atoms with Crippen LogP contribution >= 0.6 is 11.6 Å². The van der Waals surface area contributed by atoms with E-state index < -0.39 is 0 Å². The zero-order valence-electron chi connectivity index (χ0n) is 18.4. The van der Waals surface area contributed by atoms with Crippen LogP contribution in [0.4, 0.5) is 0 Å². The van der Waals surface area contributed by atoms with Gasteiger partial charge in [0.25, 0.3) is 5.91 Å². The minimum absolute atomic E-state index is 0.0539. The number of benzene rings is 2. The first kappa shape index (κ1) is 22.5. The average molecular weight is 459 g/mol. The summed E-state index contributed by atoms with van der Waals surface area (Å²) < 4.78 is 22.2. The molecule has 2 aromatic carbocycles. The summed E-state index contributed by atoms with van der Waals surface area (Å²) in [7, 11) is 3.23. The maximum atomic E-state index is 13.0. The highest BCUT2D eigenvalue weighted by atomic mass is 35.5. The number of carbonyl (C=O) groups excluding carboxylic acids is 1. The van der Waals surface area contributed by atoms with Crippen molar-refractivity contribution in [1.29, 1.82) is 0 Å². The summed E-state index contributed by atoms with van der Waals surface area (Å²) in [5.74, 6) is 1.36. The largest absolute Gasteiger partial charge is 0.493 e. The molecule has 1 amide bonds. The lowest BCUT2D eigenvalue weighted by molar-refractivity contribution is 0.0161. The molecule has 0 saturated carbocycles. The van der Waals surface area contributed by atoms with Gasteiger partial charge in [0, 0.05) is 35.6 Å². The third kappa shape index (κ3) is 4.55. The number of nitrogens with one attached hydrogen (secondary N) is 1. The lowest BCUT2D eigenvalue weighted by Crippen LogP contribution is -2.43. The molecule has 0 aliphatic carbocycles. The van der Waals surface area contributed by atoms with Crippen LogP contribution < -0.4 is 14.8 Å². The van der Waals surface area contributed by atoms with E-state index in [9.17, 15) is 4.79 Å². The Kier molecular flexibility index (Phi) is 6.89. The molecule has 8 heteroatoms. The fraction of sp³-hybridized carbons (Fsp3) is 0.375. The molecule has 0 bridgehead atoms. The Bertz CT molecular complexity index is 1110. The van der Waals surface area contributed by atoms with Crippen molar-refractivity contribution in [2.24, 2.45) is 0 Å². The molecule has 1 atom stereocenters. The number of furan rings is 1. The van der Waals surface area contributed by atoms with E-state index in [2.05, 4.69) is 10.2 Å². The van der Waals surface area contributed by atoms with Crippen molar-refractivity contribution in [1.82, 2.24) is 10.2 Å². The van der Waals surface area contributed by atoms with E-state index in [1.54, 1.807) is 26.4 Å². The standard InChI is InChI=1S/C24H27ClN2O5/c1-15-18-13-17(25)5-7-20(18)32-23(15)24(28)26-14-19(27-8-10-31-11-9-27)16-4-6-21(29-2)22(12-16)30-3/h4-7,12-13,19H,8-11,14H2,1-3H3,(H,26,28). The number of hydrogen-bond donors (Lipinski definition) is 1. The second-order valence-electron chi connectivity index (χ2n) is 7.69. The summed E-state index contributed by atoms with van der Waals surface area (Å²) in [5.41, 5.74) is 2.44. The Morgan fingerprint density at radius 3 is 2.59 bits per heavy atom. The van der Waals surface area contributed by atoms with Gasteiger partial charge in [-0.25, -0.2) is 0 Å². The van der Waals surface area contributed by atoms with Gasteiger partial charge in [-0.15, -0.1) is 0 Å². The maximum Gasteiger partial charge on any atom is 0.287 e. The number of nitrogens with zero attached hydrogens (tertiary/aromatic N) is 1. The minimum atomic E-state index is -0.256. The first-order valence-corrected chi connectivity index (χ1v) is 10.9. The second-order valence-corrected chi connectivity index (χ2v) is 8.12. The van der Waals surface area contributed by atoms with E-state index in [1.165, 1.54) is 0 Å². The Morgan fingerprint density at radius 2 is 1.88 bits per heavy atom. The molecular formula is C24H27ClN2O5. The van der Waals surface area contributed by atoms with Gasteiger partial charge < -0.3 is 23.9 Å². The van der Waals surface area contributed by atoms with Crippen molar-refractivity contribution in [3.8, 4) is 11.5 Å². The number of methoxy groups -OCH3 is 2. The van der Waals surface area contributed by atoms with Crippen LogP contribution in [-0.2, 0) is 4.74 Å². The molecular weight excluding hydrogens is 432 g/mol. The van der Waals surface area contributed by atoms with E-state index >= 15 is 0 Å². The van der Waals surface area contributed by atoms with Gasteiger partial charge in [-0.1, -0.05) is 17.7 Å². The molecule has 1 N–H and O–H groups in total. The van der Waals surface area contributed by atoms with Crippen molar-refractivity contribution in [3.63, 3.8) is 0 Å². The number of ether oxygens (including phenoxy) is 3. The lowest BCUT2D eigenvalue weighted by Gasteiger charge is -2.35. The van der Waals surface area contributed by atoms with Gasteiger partial charge in [0.15, 0.2) is 17.3 Å². The monoisotopic (exact) mass is 458 g/mol. The van der Waals surface area contributed by atoms with Crippen LogP contribution in [0.2, 0.25) is 5.02 Å². The van der Waals surface area contributed by atoms with Gasteiger partial charge in [-0.2, -0.15) is 0 Å². The molecule has 1 aliphatic rings. The normalized spacial score (nSPS) is 15.5. The summed E-state index contributed by atoms with van der Waals surface area (Å²) in [6, 6.07) is 11.1. The molecule has 0 radical (unpaired) electrons. The van der Waals surface area contributed by atoms with E-state index in [0.29, 0.717) is 47.6 Å². The third-order valence-electron chi connectivity index (χ3n) is 5.84. The fourth-order valence-electron chi connectivity index (χ4n) is 4.09. The Labute approximate surface area is 192 Å². The molecule has 1 aliphatic heterocycles. The fourth-order valence-corrected chi connectivity index (χ4v) is 4.26. The zero-order chi connectivity index (χ0) is 22.7. The summed E-state index contributed by atoms with van der Waals surface area (Å²) in [4.78, 5) is 15.3. The second kappa shape index (κ2) is 9.81. The van der Waals surface area contributed by atoms with Crippen molar-refractivity contribution in [3.05, 3.63) is 58.3 Å². The number of amides is 1. The highest BCUT2D eigenvalue weighted by Gasteiger charge is 2.26. The smallest absolute Gasteiger partial charge is 0.287 e. The van der Waals surface area contributed by atoms with Crippen molar-refractivity contribution >= 4 is 28.5 Å². The van der Waals surface area contributed by atoms with Gasteiger partial charge >= 0.3 is 0 Å². The highest BCUT2D eigenvalue weighted by molar-refractivity contribution is 6.31. The molecule has 1 saturated heterocycles. The lowest BCUT2D eigenvalue weighted by atomic mass is 10.0. The van der Waals surface area contributed by atoms with Crippen molar-refractivity contribution < 1.29 is 23.4 Å². The molecule has 1 aromatic heterocycles. The number of rotatable bonds is 7. The molecule has 170 valence electrons. The third-order valence-corrected chi connectivity index (χ3v) is 6.07. The maximum absolute atomic E-state index is 13.0. The average Bonchev–Trinajstić information content (AvgIpc) is 3.15. The van der Waals surface area contributed by atoms with Gasteiger partial charge in [-0.05, 0) is 42.8 Å². The van der Waals surface area contributed by atoms with E-state index in [0.717, 1.165) is 29.6 Å². The van der Waals surface area contributed by atoms with Crippen molar-refractivity contribution in [2.45, 2.75) is 13.0 Å². The number of halogens is 1. The zero-order valence-corrected chi connectivity index (χ0v) is 19.2. The SMILES string of the molecule is COc1ccc(C(CNC(=O)c2oc3ccc(Cl)cc3c2C)N2CCOCC2)cc1OC. The first-order chi connectivity index (χ1) is 15.5. The summed E-state index contributed by atoms with van der Waals surface area (Å²) >= 11 is 6.11. The van der Waals surface area contributed by atoms with E-state index in [-0.39, 0.29) is 11.9 Å². The Morgan fingerprint density at radius 1 is 1.12 bits per heavy atom. The number of morpholine rings is 1. The van der Waals surface area contributed by atoms with Crippen LogP contribution in [0.1, 0.15) is 27.7 Å². The predicted molar refractivity (Wildman–Crippen MR) is 123 cm³/mol. The first-order valence-electron chi connectivity index (χ1n) is 10.5. The van der Waals surface area contributed by atoms with Crippen LogP contribution in [0.3, 0.4) is 0 Å². The molecule has 2 heterocycles. The predicted octanol–water partition coefficient (Wildman–Crippen LogP) is 4.22. The summed E-state index contributed by atoms with van der Waals surface area (Å²) in [6.07, 6.45) is 0. The van der Waals surface area contributed by atoms with Crippen LogP contribution in [0.5, 0.6) is 11.5 Å². The van der Waals surface area contributed by atoms with Crippen LogP contribution in [0.15, 0.2) is 40.8 Å². The van der Waals surface area contributed by atoms with Crippen LogP contribution in [-0.4, -0.2) is 57.9 Å². The highest BCUT2D eigenvalue weighted by Crippen LogP contribution is 2.32. The molecule has 4 rings (SSSR count). The van der Waals surface area contributed by atoms with Gasteiger partial charge in [-0.3, -0.25) is 9.69 Å². The molecule has 3 aromatic rings. The molecule has 7 nitrogen and oxygen atoms in total. The Hall–Kier alpha value is -2.74. The molecule has 1 unspecified atom stereocenters. The number of fused-ring (bicyclic) bond motifs is 1. The number of aryl methyl sites for hydroxylation is 1. The topological polar surface area (TPSA) is 73.2 Å². The minimum Gasteiger partial charge on any atom is -0.493 e. The van der Waals surface area contributed by atoms with Crippen LogP contribution in [0.25, 0.3) is 11.0 Å². The number of hydrogen-bond acceptors (Lipinski definition) is 6. The quantitative estimate of drug-likeness (QED) is 0.571. The van der Waals surface area contributed by atoms with Gasteiger partial charge in [0.05, 0.1) is 33.5 Å². The molecule has 0 spiro atoms. The van der Waals surface area contributed by atoms with E-state index in [4.69, 9.17) is 30.2 Å². The van der Waals surface area contributed by atoms with Gasteiger partial charge in [0.1, 0.15) is 5.58 Å². The van der Waals surface area contributed by atoms with Crippen molar-refractivity contribution in [2.75, 3.05) is 47.1 Å². The molecule has 1 fully saturated rings. The Balaban J connectivity index is 1.58. The van der Waals surface area contributed by atoms with Crippen LogP contribution in [0, 0.1) is 6.92 Å². The van der Waals surface area contributed by atoms with Gasteiger partial charge in [0.2, 0.25) is 0 Å². The number of carbonyl (C=O) groups is 1. The molecule has 32 heavy (non-hydrogen) atoms. The van der Waals surface area contributed by atoms with E-state index in [1.807, 2.05) is 31.2 Å².